The molecule has 5 nitrogen and oxygen atoms in total. The molecule has 1 aromatic rings. The molecule has 82 valence electrons. The molecule has 0 bridgehead atoms. The molecule has 1 fully saturated rings. The molecule has 15 heavy (non-hydrogen) atoms. The molecule has 1 atom stereocenters. The van der Waals surface area contributed by atoms with Crippen LogP contribution in [0.3, 0.4) is 0 Å². The van der Waals surface area contributed by atoms with Crippen LogP contribution in [0.25, 0.3) is 0 Å². The van der Waals surface area contributed by atoms with Crippen molar-refractivity contribution in [3.8, 4) is 5.88 Å². The van der Waals surface area contributed by atoms with Gasteiger partial charge in [0.25, 0.3) is 0 Å². The van der Waals surface area contributed by atoms with Gasteiger partial charge in [0.05, 0.1) is 13.2 Å². The minimum Gasteiger partial charge on any atom is -0.481 e. The summed E-state index contributed by atoms with van der Waals surface area (Å²) in [5, 5.41) is 3.21. The van der Waals surface area contributed by atoms with Gasteiger partial charge in [-0.05, 0) is 12.8 Å². The van der Waals surface area contributed by atoms with Crippen LogP contribution in [-0.4, -0.2) is 36.3 Å². The molecule has 1 N–H and O–H groups in total. The number of methoxy groups -OCH3 is 1. The number of rotatable bonds is 4. The molecule has 1 unspecified atom stereocenters. The van der Waals surface area contributed by atoms with Crippen LogP contribution in [0.5, 0.6) is 5.88 Å². The Kier molecular flexibility index (Phi) is 3.34. The number of ether oxygens (including phenoxy) is 2. The van der Waals surface area contributed by atoms with Gasteiger partial charge in [-0.2, -0.15) is 0 Å². The van der Waals surface area contributed by atoms with Crippen molar-refractivity contribution in [2.45, 2.75) is 18.9 Å². The van der Waals surface area contributed by atoms with Crippen LogP contribution in [0.4, 0.5) is 5.82 Å². The fraction of sp³-hybridized carbons (Fsp3) is 0.600. The van der Waals surface area contributed by atoms with Crippen molar-refractivity contribution < 1.29 is 9.47 Å². The molecular formula is C10H15N3O2. The maximum absolute atomic E-state index is 5.49. The van der Waals surface area contributed by atoms with E-state index in [1.54, 1.807) is 13.2 Å². The first-order valence-corrected chi connectivity index (χ1v) is 5.10. The summed E-state index contributed by atoms with van der Waals surface area (Å²) in [4.78, 5) is 8.02. The topological polar surface area (TPSA) is 56.3 Å². The summed E-state index contributed by atoms with van der Waals surface area (Å²) < 4.78 is 10.5. The highest BCUT2D eigenvalue weighted by atomic mass is 16.5. The number of aromatic nitrogens is 2. The minimum atomic E-state index is 0.311. The van der Waals surface area contributed by atoms with Crippen molar-refractivity contribution in [1.82, 2.24) is 9.97 Å². The van der Waals surface area contributed by atoms with Gasteiger partial charge in [0.2, 0.25) is 5.88 Å². The first-order valence-electron chi connectivity index (χ1n) is 5.10. The van der Waals surface area contributed by atoms with Crippen molar-refractivity contribution in [2.75, 3.05) is 25.6 Å². The molecule has 2 heterocycles. The van der Waals surface area contributed by atoms with Gasteiger partial charge in [0, 0.05) is 19.2 Å². The van der Waals surface area contributed by atoms with E-state index in [1.165, 1.54) is 6.33 Å². The fourth-order valence-electron chi connectivity index (χ4n) is 1.57. The van der Waals surface area contributed by atoms with Crippen LogP contribution >= 0.6 is 0 Å². The Morgan fingerprint density at radius 2 is 2.53 bits per heavy atom. The maximum Gasteiger partial charge on any atom is 0.218 e. The zero-order valence-corrected chi connectivity index (χ0v) is 8.77. The first kappa shape index (κ1) is 10.2. The number of nitrogens with one attached hydrogen (secondary N) is 1. The zero-order valence-electron chi connectivity index (χ0n) is 8.77. The number of nitrogens with zero attached hydrogens (tertiary/aromatic N) is 2. The highest BCUT2D eigenvalue weighted by Gasteiger charge is 2.14. The molecule has 1 saturated heterocycles. The van der Waals surface area contributed by atoms with E-state index >= 15 is 0 Å². The van der Waals surface area contributed by atoms with Gasteiger partial charge in [-0.25, -0.2) is 9.97 Å². The third-order valence-electron chi connectivity index (χ3n) is 2.39. The second kappa shape index (κ2) is 4.93. The maximum atomic E-state index is 5.49. The van der Waals surface area contributed by atoms with Gasteiger partial charge in [-0.15, -0.1) is 0 Å². The second-order valence-electron chi connectivity index (χ2n) is 3.46. The zero-order chi connectivity index (χ0) is 10.5. The van der Waals surface area contributed by atoms with E-state index in [2.05, 4.69) is 15.3 Å². The van der Waals surface area contributed by atoms with Crippen molar-refractivity contribution in [2.24, 2.45) is 0 Å². The lowest BCUT2D eigenvalue weighted by Gasteiger charge is -2.11. The van der Waals surface area contributed by atoms with Crippen LogP contribution in [0.15, 0.2) is 12.4 Å². The Morgan fingerprint density at radius 1 is 1.60 bits per heavy atom. The van der Waals surface area contributed by atoms with Crippen molar-refractivity contribution in [3.05, 3.63) is 12.4 Å². The fourth-order valence-corrected chi connectivity index (χ4v) is 1.57. The Bertz CT molecular complexity index is 313. The summed E-state index contributed by atoms with van der Waals surface area (Å²) in [7, 11) is 1.59. The average Bonchev–Trinajstić information content (AvgIpc) is 2.79. The highest BCUT2D eigenvalue weighted by Crippen LogP contribution is 2.14. The van der Waals surface area contributed by atoms with Gasteiger partial charge in [-0.3, -0.25) is 0 Å². The summed E-state index contributed by atoms with van der Waals surface area (Å²) in [6, 6.07) is 1.77. The average molecular weight is 209 g/mol. The molecule has 2 rings (SSSR count). The van der Waals surface area contributed by atoms with E-state index in [-0.39, 0.29) is 0 Å². The quantitative estimate of drug-likeness (QED) is 0.804. The minimum absolute atomic E-state index is 0.311. The summed E-state index contributed by atoms with van der Waals surface area (Å²) in [6.45, 7) is 1.67. The number of hydrogen-bond donors (Lipinski definition) is 1. The highest BCUT2D eigenvalue weighted by molar-refractivity contribution is 5.37. The molecule has 0 aromatic carbocycles. The lowest BCUT2D eigenvalue weighted by molar-refractivity contribution is 0.120. The lowest BCUT2D eigenvalue weighted by atomic mass is 10.2. The van der Waals surface area contributed by atoms with E-state index < -0.39 is 0 Å². The van der Waals surface area contributed by atoms with Gasteiger partial charge < -0.3 is 14.8 Å². The monoisotopic (exact) mass is 209 g/mol. The Labute approximate surface area is 88.8 Å². The molecule has 0 aliphatic carbocycles. The standard InChI is InChI=1S/C10H15N3O2/c1-14-10-5-9(12-7-13-10)11-6-8-3-2-4-15-8/h5,7-8H,2-4,6H2,1H3,(H,11,12,13). The van der Waals surface area contributed by atoms with Crippen molar-refractivity contribution >= 4 is 5.82 Å². The number of hydrogen-bond acceptors (Lipinski definition) is 5. The molecule has 1 aliphatic heterocycles. The molecule has 0 radical (unpaired) electrons. The van der Waals surface area contributed by atoms with Gasteiger partial charge in [0.1, 0.15) is 12.1 Å². The lowest BCUT2D eigenvalue weighted by Crippen LogP contribution is -2.18. The van der Waals surface area contributed by atoms with E-state index in [0.29, 0.717) is 12.0 Å². The van der Waals surface area contributed by atoms with Crippen molar-refractivity contribution in [3.63, 3.8) is 0 Å². The predicted molar refractivity (Wildman–Crippen MR) is 56.0 cm³/mol. The van der Waals surface area contributed by atoms with Crippen LogP contribution in [-0.2, 0) is 4.74 Å². The Morgan fingerprint density at radius 3 is 3.27 bits per heavy atom. The summed E-state index contributed by atoms with van der Waals surface area (Å²) in [6.07, 6.45) is 4.07. The van der Waals surface area contributed by atoms with Gasteiger partial charge in [-0.1, -0.05) is 0 Å². The molecule has 0 spiro atoms. The molecule has 5 heteroatoms. The summed E-state index contributed by atoms with van der Waals surface area (Å²) in [5.41, 5.74) is 0. The second-order valence-corrected chi connectivity index (χ2v) is 3.46. The van der Waals surface area contributed by atoms with Crippen LogP contribution in [0.2, 0.25) is 0 Å². The largest absolute Gasteiger partial charge is 0.481 e. The van der Waals surface area contributed by atoms with Gasteiger partial charge >= 0.3 is 0 Å². The van der Waals surface area contributed by atoms with E-state index in [4.69, 9.17) is 9.47 Å². The first-order chi connectivity index (χ1) is 7.38. The van der Waals surface area contributed by atoms with Gasteiger partial charge in [0.15, 0.2) is 0 Å². The van der Waals surface area contributed by atoms with Crippen LogP contribution in [0, 0.1) is 0 Å². The Hall–Kier alpha value is -1.36. The van der Waals surface area contributed by atoms with Crippen LogP contribution in [0.1, 0.15) is 12.8 Å². The predicted octanol–water partition coefficient (Wildman–Crippen LogP) is 1.08. The third kappa shape index (κ3) is 2.79. The third-order valence-corrected chi connectivity index (χ3v) is 2.39. The SMILES string of the molecule is COc1cc(NCC2CCCO2)ncn1. The smallest absolute Gasteiger partial charge is 0.218 e. The molecular weight excluding hydrogens is 194 g/mol. The molecule has 0 saturated carbocycles. The van der Waals surface area contributed by atoms with E-state index in [1.807, 2.05) is 0 Å². The van der Waals surface area contributed by atoms with E-state index in [9.17, 15) is 0 Å². The van der Waals surface area contributed by atoms with Crippen LogP contribution < -0.4 is 10.1 Å². The molecule has 0 amide bonds. The normalized spacial score (nSPS) is 20.2. The Balaban J connectivity index is 1.86. The summed E-state index contributed by atoms with van der Waals surface area (Å²) >= 11 is 0. The summed E-state index contributed by atoms with van der Waals surface area (Å²) in [5.74, 6) is 1.34. The molecule has 1 aliphatic rings. The number of anilines is 1. The van der Waals surface area contributed by atoms with E-state index in [0.717, 1.165) is 31.8 Å². The molecule has 1 aromatic heterocycles. The van der Waals surface area contributed by atoms with Crippen molar-refractivity contribution in [1.29, 1.82) is 0 Å².